The Morgan fingerprint density at radius 3 is 2.12 bits per heavy atom. The van der Waals surface area contributed by atoms with E-state index in [1.54, 1.807) is 0 Å². The first-order valence-electron chi connectivity index (χ1n) is 5.27. The summed E-state index contributed by atoms with van der Waals surface area (Å²) in [6.45, 7) is 2.56. The molecule has 0 atom stereocenters. The monoisotopic (exact) mass is 303 g/mol. The molecule has 16 heavy (non-hydrogen) atoms. The quantitative estimate of drug-likeness (QED) is 0.690. The molecule has 0 aliphatic heterocycles. The Morgan fingerprint density at radius 2 is 1.81 bits per heavy atom. The third-order valence-electron chi connectivity index (χ3n) is 2.37. The Bertz CT molecular complexity index is 217. The van der Waals surface area contributed by atoms with Crippen LogP contribution >= 0.6 is 15.9 Å². The van der Waals surface area contributed by atoms with E-state index in [-0.39, 0.29) is 12.5 Å². The van der Waals surface area contributed by atoms with Crippen molar-refractivity contribution in [2.45, 2.75) is 32.9 Å². The number of carbonyl (C=O) groups excluding carboxylic acids is 1. The first-order valence-corrected chi connectivity index (χ1v) is 6.39. The fourth-order valence-electron chi connectivity index (χ4n) is 1.48. The van der Waals surface area contributed by atoms with Gasteiger partial charge < -0.3 is 4.90 Å². The fourth-order valence-corrected chi connectivity index (χ4v) is 1.91. The number of hydrogen-bond donors (Lipinski definition) is 0. The predicted molar refractivity (Wildman–Crippen MR) is 60.5 cm³/mol. The molecule has 0 rings (SSSR count). The van der Waals surface area contributed by atoms with Crippen LogP contribution in [-0.2, 0) is 4.79 Å². The molecule has 0 saturated heterocycles. The van der Waals surface area contributed by atoms with Gasteiger partial charge in [-0.05, 0) is 12.8 Å². The van der Waals surface area contributed by atoms with Crippen molar-refractivity contribution in [2.75, 3.05) is 18.4 Å². The van der Waals surface area contributed by atoms with E-state index in [1.807, 2.05) is 13.8 Å². The van der Waals surface area contributed by atoms with Crippen LogP contribution in [0.5, 0.6) is 0 Å². The number of amides is 1. The van der Waals surface area contributed by atoms with E-state index in [4.69, 9.17) is 0 Å². The molecule has 0 unspecified atom stereocenters. The Hall–Kier alpha value is -0.260. The Morgan fingerprint density at radius 1 is 1.31 bits per heavy atom. The highest BCUT2D eigenvalue weighted by Gasteiger charge is 2.34. The lowest BCUT2D eigenvalue weighted by molar-refractivity contribution is -0.163. The summed E-state index contributed by atoms with van der Waals surface area (Å²) in [5, 5.41) is 0.356. The third kappa shape index (κ3) is 5.72. The minimum Gasteiger partial charge on any atom is -0.333 e. The third-order valence-corrected chi connectivity index (χ3v) is 2.73. The van der Waals surface area contributed by atoms with Crippen LogP contribution in [0, 0.1) is 5.92 Å². The van der Waals surface area contributed by atoms with E-state index in [0.717, 1.165) is 4.90 Å². The number of nitrogens with zero attached hydrogens (tertiary/aromatic N) is 1. The normalized spacial score (nSPS) is 11.9. The van der Waals surface area contributed by atoms with E-state index >= 15 is 0 Å². The van der Waals surface area contributed by atoms with Gasteiger partial charge in [0.25, 0.3) is 0 Å². The summed E-state index contributed by atoms with van der Waals surface area (Å²) < 4.78 is 36.8. The zero-order chi connectivity index (χ0) is 12.8. The van der Waals surface area contributed by atoms with Crippen molar-refractivity contribution in [1.29, 1.82) is 0 Å². The second-order valence-electron chi connectivity index (χ2n) is 3.58. The summed E-state index contributed by atoms with van der Waals surface area (Å²) in [4.78, 5) is 12.7. The van der Waals surface area contributed by atoms with Gasteiger partial charge in [0.2, 0.25) is 5.91 Å². The minimum atomic E-state index is -4.33. The molecule has 2 nitrogen and oxygen atoms in total. The van der Waals surface area contributed by atoms with Crippen molar-refractivity contribution >= 4 is 21.8 Å². The molecule has 96 valence electrons. The summed E-state index contributed by atoms with van der Waals surface area (Å²) in [6, 6.07) is 0. The standard InChI is InChI=1S/C10H17BrF3NO/c1-3-8(4-2)9(16)15(6-5-11)7-10(12,13)14/h8H,3-7H2,1-2H3. The van der Waals surface area contributed by atoms with E-state index in [9.17, 15) is 18.0 Å². The average molecular weight is 304 g/mol. The summed E-state index contributed by atoms with van der Waals surface area (Å²) in [7, 11) is 0. The van der Waals surface area contributed by atoms with Crippen LogP contribution in [0.2, 0.25) is 0 Å². The molecule has 0 radical (unpaired) electrons. The van der Waals surface area contributed by atoms with Crippen molar-refractivity contribution in [3.63, 3.8) is 0 Å². The summed E-state index contributed by atoms with van der Waals surface area (Å²) in [5.41, 5.74) is 0. The van der Waals surface area contributed by atoms with Gasteiger partial charge in [-0.3, -0.25) is 4.79 Å². The van der Waals surface area contributed by atoms with Crippen molar-refractivity contribution in [2.24, 2.45) is 5.92 Å². The highest BCUT2D eigenvalue weighted by molar-refractivity contribution is 9.09. The smallest absolute Gasteiger partial charge is 0.333 e. The van der Waals surface area contributed by atoms with Crippen LogP contribution in [0.4, 0.5) is 13.2 Å². The van der Waals surface area contributed by atoms with Crippen molar-refractivity contribution in [1.82, 2.24) is 4.90 Å². The zero-order valence-corrected chi connectivity index (χ0v) is 11.1. The van der Waals surface area contributed by atoms with Gasteiger partial charge in [0.15, 0.2) is 0 Å². The zero-order valence-electron chi connectivity index (χ0n) is 9.48. The molecule has 0 aliphatic carbocycles. The SMILES string of the molecule is CCC(CC)C(=O)N(CCBr)CC(F)(F)F. The van der Waals surface area contributed by atoms with Gasteiger partial charge in [0.1, 0.15) is 6.54 Å². The van der Waals surface area contributed by atoms with E-state index < -0.39 is 18.6 Å². The Balaban J connectivity index is 4.57. The van der Waals surface area contributed by atoms with Gasteiger partial charge in [0, 0.05) is 17.8 Å². The molecule has 0 aliphatic rings. The molecule has 0 bridgehead atoms. The van der Waals surface area contributed by atoms with Crippen LogP contribution in [0.15, 0.2) is 0 Å². The lowest BCUT2D eigenvalue weighted by Gasteiger charge is -2.26. The van der Waals surface area contributed by atoms with E-state index in [2.05, 4.69) is 15.9 Å². The Kier molecular flexibility index (Phi) is 7.03. The maximum atomic E-state index is 12.3. The van der Waals surface area contributed by atoms with Crippen LogP contribution < -0.4 is 0 Å². The number of carbonyl (C=O) groups is 1. The van der Waals surface area contributed by atoms with Crippen LogP contribution in [-0.4, -0.2) is 35.4 Å². The fraction of sp³-hybridized carbons (Fsp3) is 0.900. The van der Waals surface area contributed by atoms with Gasteiger partial charge in [-0.15, -0.1) is 0 Å². The maximum Gasteiger partial charge on any atom is 0.406 e. The number of hydrogen-bond acceptors (Lipinski definition) is 1. The molecule has 0 aromatic carbocycles. The number of alkyl halides is 4. The lowest BCUT2D eigenvalue weighted by Crippen LogP contribution is -2.43. The van der Waals surface area contributed by atoms with Crippen molar-refractivity contribution in [3.8, 4) is 0 Å². The molecule has 0 saturated carbocycles. The predicted octanol–water partition coefficient (Wildman–Crippen LogP) is 3.21. The van der Waals surface area contributed by atoms with Crippen LogP contribution in [0.3, 0.4) is 0 Å². The molecular formula is C10H17BrF3NO. The Labute approximate surface area is 102 Å². The second-order valence-corrected chi connectivity index (χ2v) is 4.37. The molecule has 0 N–H and O–H groups in total. The topological polar surface area (TPSA) is 20.3 Å². The van der Waals surface area contributed by atoms with Crippen molar-refractivity contribution in [3.05, 3.63) is 0 Å². The largest absolute Gasteiger partial charge is 0.406 e. The molecule has 0 aromatic heterocycles. The molecule has 6 heteroatoms. The number of rotatable bonds is 6. The molecule has 0 heterocycles. The van der Waals surface area contributed by atoms with Crippen LogP contribution in [0.1, 0.15) is 26.7 Å². The highest BCUT2D eigenvalue weighted by Crippen LogP contribution is 2.20. The van der Waals surface area contributed by atoms with Gasteiger partial charge in [-0.1, -0.05) is 29.8 Å². The first kappa shape index (κ1) is 15.7. The molecular weight excluding hydrogens is 287 g/mol. The van der Waals surface area contributed by atoms with Crippen molar-refractivity contribution < 1.29 is 18.0 Å². The molecule has 0 aromatic rings. The first-order chi connectivity index (χ1) is 7.35. The van der Waals surface area contributed by atoms with Gasteiger partial charge >= 0.3 is 6.18 Å². The molecule has 0 spiro atoms. The van der Waals surface area contributed by atoms with Gasteiger partial charge in [0.05, 0.1) is 0 Å². The van der Waals surface area contributed by atoms with Gasteiger partial charge in [-0.2, -0.15) is 13.2 Å². The maximum absolute atomic E-state index is 12.3. The van der Waals surface area contributed by atoms with E-state index in [0.29, 0.717) is 18.2 Å². The molecule has 1 amide bonds. The summed E-state index contributed by atoms with van der Waals surface area (Å²) in [5.74, 6) is -0.705. The lowest BCUT2D eigenvalue weighted by atomic mass is 10.0. The van der Waals surface area contributed by atoms with Crippen LogP contribution in [0.25, 0.3) is 0 Å². The van der Waals surface area contributed by atoms with Gasteiger partial charge in [-0.25, -0.2) is 0 Å². The average Bonchev–Trinajstić information content (AvgIpc) is 2.17. The molecule has 0 fully saturated rings. The summed E-state index contributed by atoms with van der Waals surface area (Å²) in [6.07, 6.45) is -3.18. The summed E-state index contributed by atoms with van der Waals surface area (Å²) >= 11 is 3.06. The minimum absolute atomic E-state index is 0.0921. The number of halogens is 4. The second kappa shape index (κ2) is 7.14. The highest BCUT2D eigenvalue weighted by atomic mass is 79.9. The van der Waals surface area contributed by atoms with E-state index in [1.165, 1.54) is 0 Å².